The van der Waals surface area contributed by atoms with Gasteiger partial charge in [-0.05, 0) is 50.1 Å². The number of aliphatic hydroxyl groups excluding tert-OH is 2. The van der Waals surface area contributed by atoms with Gasteiger partial charge in [0.25, 0.3) is 0 Å². The molecular formula is C25H27N5O4. The summed E-state index contributed by atoms with van der Waals surface area (Å²) in [6.45, 7) is 5.40. The van der Waals surface area contributed by atoms with E-state index in [9.17, 15) is 10.2 Å². The van der Waals surface area contributed by atoms with Gasteiger partial charge in [-0.2, -0.15) is 0 Å². The second-order valence-corrected chi connectivity index (χ2v) is 9.21. The highest BCUT2D eigenvalue weighted by Crippen LogP contribution is 2.39. The molecule has 1 saturated carbocycles. The van der Waals surface area contributed by atoms with Crippen LogP contribution in [-0.4, -0.2) is 54.8 Å². The van der Waals surface area contributed by atoms with Gasteiger partial charge in [-0.3, -0.25) is 0 Å². The third kappa shape index (κ3) is 3.48. The van der Waals surface area contributed by atoms with Crippen molar-refractivity contribution in [1.82, 2.24) is 25.0 Å². The molecule has 1 fully saturated rings. The molecule has 0 saturated heterocycles. The van der Waals surface area contributed by atoms with Crippen molar-refractivity contribution < 1.29 is 19.5 Å². The normalized spacial score (nSPS) is 24.5. The number of ether oxygens (including phenoxy) is 1. The van der Waals surface area contributed by atoms with Crippen LogP contribution >= 0.6 is 0 Å². The average Bonchev–Trinajstić information content (AvgIpc) is 3.56. The maximum Gasteiger partial charge on any atom is 0.144 e. The van der Waals surface area contributed by atoms with E-state index in [0.29, 0.717) is 24.5 Å². The lowest BCUT2D eigenvalue weighted by molar-refractivity contribution is -0.0166. The Kier molecular flexibility index (Phi) is 5.13. The number of hydrogen-bond acceptors (Lipinski definition) is 8. The topological polar surface area (TPSA) is 118 Å². The lowest BCUT2D eigenvalue weighted by Gasteiger charge is -2.25. The quantitative estimate of drug-likeness (QED) is 0.424. The summed E-state index contributed by atoms with van der Waals surface area (Å²) in [6, 6.07) is 5.72. The third-order valence-corrected chi connectivity index (χ3v) is 7.05. The maximum atomic E-state index is 11.0. The molecule has 0 spiro atoms. The van der Waals surface area contributed by atoms with Gasteiger partial charge >= 0.3 is 0 Å². The van der Waals surface area contributed by atoms with E-state index in [1.807, 2.05) is 36.7 Å². The molecule has 4 heterocycles. The fourth-order valence-electron chi connectivity index (χ4n) is 5.29. The second kappa shape index (κ2) is 8.19. The van der Waals surface area contributed by atoms with E-state index >= 15 is 0 Å². The summed E-state index contributed by atoms with van der Waals surface area (Å²) < 4.78 is 13.4. The Labute approximate surface area is 196 Å². The monoisotopic (exact) mass is 461 g/mol. The second-order valence-electron chi connectivity index (χ2n) is 9.21. The zero-order chi connectivity index (χ0) is 23.4. The molecule has 1 aliphatic carbocycles. The first-order chi connectivity index (χ1) is 16.5. The molecule has 34 heavy (non-hydrogen) atoms. The standard InChI is InChI=1S/C25H27N5O4/c1-13-18-4-6-30(25(18)29-14(2)28-13)20-9-22(24(32)23(20)31)34-21-8-16(17-10-27-33-12-17)7-15-3-5-26-11-19(15)21/h4,6-8,10,12,20,22-24,26,31-32H,3,5,9,11H2,1-2H3/t20-,22+,23+,24-/m1/s1. The van der Waals surface area contributed by atoms with Gasteiger partial charge in [-0.25, -0.2) is 9.97 Å². The fraction of sp³-hybridized carbons (Fsp3) is 0.400. The first kappa shape index (κ1) is 21.3. The average molecular weight is 462 g/mol. The van der Waals surface area contributed by atoms with Crippen LogP contribution in [0.2, 0.25) is 0 Å². The zero-order valence-electron chi connectivity index (χ0n) is 19.1. The van der Waals surface area contributed by atoms with Crippen molar-refractivity contribution in [2.45, 2.75) is 57.6 Å². The molecule has 1 aromatic carbocycles. The van der Waals surface area contributed by atoms with Crippen molar-refractivity contribution in [3.8, 4) is 16.9 Å². The van der Waals surface area contributed by atoms with Crippen LogP contribution in [0.1, 0.15) is 35.1 Å². The molecule has 9 heteroatoms. The molecule has 4 aromatic rings. The van der Waals surface area contributed by atoms with E-state index in [-0.39, 0.29) is 6.04 Å². The van der Waals surface area contributed by atoms with Crippen molar-refractivity contribution >= 4 is 11.0 Å². The minimum Gasteiger partial charge on any atom is -0.487 e. The van der Waals surface area contributed by atoms with Gasteiger partial charge in [0.15, 0.2) is 0 Å². The highest BCUT2D eigenvalue weighted by Gasteiger charge is 2.44. The van der Waals surface area contributed by atoms with Gasteiger partial charge in [0.2, 0.25) is 0 Å². The summed E-state index contributed by atoms with van der Waals surface area (Å²) in [5.41, 5.74) is 5.78. The summed E-state index contributed by atoms with van der Waals surface area (Å²) in [6.07, 6.45) is 3.96. The molecule has 3 N–H and O–H groups in total. The number of aromatic nitrogens is 4. The highest BCUT2D eigenvalue weighted by molar-refractivity contribution is 5.78. The van der Waals surface area contributed by atoms with E-state index in [2.05, 4.69) is 26.5 Å². The van der Waals surface area contributed by atoms with Crippen molar-refractivity contribution in [1.29, 1.82) is 0 Å². The largest absolute Gasteiger partial charge is 0.487 e. The molecule has 0 unspecified atom stereocenters. The molecule has 0 amide bonds. The number of aliphatic hydroxyl groups is 2. The molecule has 0 bridgehead atoms. The SMILES string of the molecule is Cc1nc(C)c2ccn([C@@H]3C[C@H](Oc4cc(-c5cnoc5)cc5c4CNCC5)[C@@H](O)[C@H]3O)c2n1. The smallest absolute Gasteiger partial charge is 0.144 e. The summed E-state index contributed by atoms with van der Waals surface area (Å²) in [5.74, 6) is 1.39. The van der Waals surface area contributed by atoms with Crippen LogP contribution in [0.15, 0.2) is 41.4 Å². The van der Waals surface area contributed by atoms with E-state index in [0.717, 1.165) is 46.4 Å². The first-order valence-electron chi connectivity index (χ1n) is 11.6. The molecule has 6 rings (SSSR count). The van der Waals surface area contributed by atoms with Crippen LogP contribution in [-0.2, 0) is 13.0 Å². The Morgan fingerprint density at radius 2 is 2.03 bits per heavy atom. The van der Waals surface area contributed by atoms with E-state index < -0.39 is 18.3 Å². The number of fused-ring (bicyclic) bond motifs is 2. The van der Waals surface area contributed by atoms with E-state index in [1.54, 1.807) is 12.5 Å². The Morgan fingerprint density at radius 1 is 1.15 bits per heavy atom. The molecular weight excluding hydrogens is 434 g/mol. The Bertz CT molecular complexity index is 1350. The molecule has 2 aliphatic rings. The summed E-state index contributed by atoms with van der Waals surface area (Å²) in [4.78, 5) is 9.04. The lowest BCUT2D eigenvalue weighted by atomic mass is 9.95. The number of nitrogens with one attached hydrogen (secondary N) is 1. The molecule has 0 radical (unpaired) electrons. The summed E-state index contributed by atoms with van der Waals surface area (Å²) in [5, 5.41) is 30.1. The van der Waals surface area contributed by atoms with Gasteiger partial charge in [0.1, 0.15) is 41.8 Å². The predicted molar refractivity (Wildman–Crippen MR) is 124 cm³/mol. The van der Waals surface area contributed by atoms with Crippen molar-refractivity contribution in [2.24, 2.45) is 0 Å². The van der Waals surface area contributed by atoms with E-state index in [1.165, 1.54) is 5.56 Å². The van der Waals surface area contributed by atoms with Crippen LogP contribution in [0.25, 0.3) is 22.2 Å². The number of hydrogen-bond donors (Lipinski definition) is 3. The van der Waals surface area contributed by atoms with Crippen molar-refractivity contribution in [2.75, 3.05) is 6.54 Å². The van der Waals surface area contributed by atoms with Crippen molar-refractivity contribution in [3.63, 3.8) is 0 Å². The zero-order valence-corrected chi connectivity index (χ0v) is 19.1. The third-order valence-electron chi connectivity index (χ3n) is 7.05. The Morgan fingerprint density at radius 3 is 2.85 bits per heavy atom. The highest BCUT2D eigenvalue weighted by atomic mass is 16.5. The van der Waals surface area contributed by atoms with Crippen LogP contribution in [0.5, 0.6) is 5.75 Å². The molecule has 176 valence electrons. The van der Waals surface area contributed by atoms with Gasteiger partial charge in [0.05, 0.1) is 17.9 Å². The van der Waals surface area contributed by atoms with Crippen LogP contribution < -0.4 is 10.1 Å². The maximum absolute atomic E-state index is 11.0. The lowest BCUT2D eigenvalue weighted by Crippen LogP contribution is -2.35. The molecule has 9 nitrogen and oxygen atoms in total. The van der Waals surface area contributed by atoms with Crippen LogP contribution in [0.4, 0.5) is 0 Å². The minimum atomic E-state index is -1.03. The number of benzene rings is 1. The van der Waals surface area contributed by atoms with Gasteiger partial charge in [0, 0.05) is 35.7 Å². The number of aryl methyl sites for hydroxylation is 2. The van der Waals surface area contributed by atoms with Crippen LogP contribution in [0.3, 0.4) is 0 Å². The van der Waals surface area contributed by atoms with Crippen LogP contribution in [0, 0.1) is 13.8 Å². The van der Waals surface area contributed by atoms with Gasteiger partial charge in [-0.1, -0.05) is 11.2 Å². The Hall–Kier alpha value is -3.27. The number of nitrogens with zero attached hydrogens (tertiary/aromatic N) is 4. The summed E-state index contributed by atoms with van der Waals surface area (Å²) >= 11 is 0. The van der Waals surface area contributed by atoms with Gasteiger partial charge in [-0.15, -0.1) is 0 Å². The van der Waals surface area contributed by atoms with Gasteiger partial charge < -0.3 is 29.4 Å². The fourth-order valence-corrected chi connectivity index (χ4v) is 5.29. The number of rotatable bonds is 4. The molecule has 3 aromatic heterocycles. The van der Waals surface area contributed by atoms with Crippen molar-refractivity contribution in [3.05, 3.63) is 59.5 Å². The minimum absolute atomic E-state index is 0.360. The molecule has 4 atom stereocenters. The van der Waals surface area contributed by atoms with E-state index in [4.69, 9.17) is 9.26 Å². The summed E-state index contributed by atoms with van der Waals surface area (Å²) in [7, 11) is 0. The first-order valence-corrected chi connectivity index (χ1v) is 11.6. The Balaban J connectivity index is 1.34. The molecule has 1 aliphatic heterocycles. The predicted octanol–water partition coefficient (Wildman–Crippen LogP) is 2.46.